The molecule has 0 amide bonds. The molecule has 2 fully saturated rings. The first-order valence-corrected chi connectivity index (χ1v) is 11.5. The minimum Gasteiger partial charge on any atom is -0.464 e. The van der Waals surface area contributed by atoms with E-state index in [0.29, 0.717) is 24.0 Å². The Hall–Kier alpha value is -1.33. The van der Waals surface area contributed by atoms with Gasteiger partial charge in [0.05, 0.1) is 18.8 Å². The van der Waals surface area contributed by atoms with E-state index in [2.05, 4.69) is 22.2 Å². The van der Waals surface area contributed by atoms with E-state index in [1.807, 2.05) is 13.8 Å². The highest BCUT2D eigenvalue weighted by Crippen LogP contribution is 2.41. The van der Waals surface area contributed by atoms with Crippen LogP contribution in [-0.2, 0) is 23.7 Å². The molecular weight excluding hydrogens is 432 g/mol. The number of ether oxygens (including phenoxy) is 4. The highest BCUT2D eigenvalue weighted by molar-refractivity contribution is 7.99. The second-order valence-electron chi connectivity index (χ2n) is 7.61. The van der Waals surface area contributed by atoms with Gasteiger partial charge in [-0.25, -0.2) is 14.8 Å². The summed E-state index contributed by atoms with van der Waals surface area (Å²) in [4.78, 5) is 20.5. The van der Waals surface area contributed by atoms with Gasteiger partial charge in [0.2, 0.25) is 0 Å². The number of anilines is 2. The Bertz CT molecular complexity index is 769. The summed E-state index contributed by atoms with van der Waals surface area (Å²) in [7, 11) is 0. The topological polar surface area (TPSA) is 118 Å². The van der Waals surface area contributed by atoms with Crippen molar-refractivity contribution in [2.75, 3.05) is 30.0 Å². The SMILES string of the molecule is CCCSc1nc(Cl)c(N)c(NC2CC(OCC(=O)OCC)C3OC(C)(C)OC23)n1. The number of aromatic nitrogens is 2. The van der Waals surface area contributed by atoms with E-state index in [1.165, 1.54) is 11.8 Å². The van der Waals surface area contributed by atoms with Gasteiger partial charge in [0.1, 0.15) is 24.5 Å². The molecule has 2 aliphatic rings. The van der Waals surface area contributed by atoms with E-state index in [0.717, 1.165) is 12.2 Å². The summed E-state index contributed by atoms with van der Waals surface area (Å²) < 4.78 is 22.9. The third-order valence-corrected chi connectivity index (χ3v) is 6.11. The van der Waals surface area contributed by atoms with E-state index < -0.39 is 11.8 Å². The number of rotatable bonds is 9. The highest BCUT2D eigenvalue weighted by atomic mass is 35.5. The van der Waals surface area contributed by atoms with Crippen LogP contribution in [0.15, 0.2) is 5.16 Å². The summed E-state index contributed by atoms with van der Waals surface area (Å²) >= 11 is 7.74. The summed E-state index contributed by atoms with van der Waals surface area (Å²) in [5.41, 5.74) is 6.40. The summed E-state index contributed by atoms with van der Waals surface area (Å²) in [6.07, 6.45) is 0.562. The van der Waals surface area contributed by atoms with Gasteiger partial charge in [-0.2, -0.15) is 0 Å². The number of halogens is 1. The first-order valence-electron chi connectivity index (χ1n) is 10.1. The fraction of sp³-hybridized carbons (Fsp3) is 0.737. The number of fused-ring (bicyclic) bond motifs is 1. The van der Waals surface area contributed by atoms with Crippen LogP contribution in [0.4, 0.5) is 11.5 Å². The maximum atomic E-state index is 11.7. The van der Waals surface area contributed by atoms with Crippen LogP contribution in [0.1, 0.15) is 40.5 Å². The molecule has 1 aromatic rings. The lowest BCUT2D eigenvalue weighted by Crippen LogP contribution is -2.35. The molecule has 4 unspecified atom stereocenters. The number of nitrogen functional groups attached to an aromatic ring is 1. The predicted molar refractivity (Wildman–Crippen MR) is 115 cm³/mol. The summed E-state index contributed by atoms with van der Waals surface area (Å²) in [6, 6.07) is -0.193. The molecule has 1 aliphatic carbocycles. The lowest BCUT2D eigenvalue weighted by atomic mass is 10.2. The molecule has 9 nitrogen and oxygen atoms in total. The van der Waals surface area contributed by atoms with Crippen molar-refractivity contribution in [1.29, 1.82) is 0 Å². The number of thioether (sulfide) groups is 1. The van der Waals surface area contributed by atoms with Crippen molar-refractivity contribution in [3.63, 3.8) is 0 Å². The normalized spacial score (nSPS) is 27.1. The molecule has 11 heteroatoms. The number of nitrogens with zero attached hydrogens (tertiary/aromatic N) is 2. The van der Waals surface area contributed by atoms with Crippen LogP contribution >= 0.6 is 23.4 Å². The number of hydrogen-bond acceptors (Lipinski definition) is 10. The smallest absolute Gasteiger partial charge is 0.332 e. The molecule has 30 heavy (non-hydrogen) atoms. The molecule has 168 valence electrons. The van der Waals surface area contributed by atoms with Crippen molar-refractivity contribution in [2.24, 2.45) is 0 Å². The Morgan fingerprint density at radius 1 is 1.33 bits per heavy atom. The highest BCUT2D eigenvalue weighted by Gasteiger charge is 2.55. The van der Waals surface area contributed by atoms with Gasteiger partial charge in [-0.05, 0) is 33.6 Å². The van der Waals surface area contributed by atoms with Gasteiger partial charge in [-0.3, -0.25) is 0 Å². The molecule has 0 bridgehead atoms. The molecule has 0 aromatic carbocycles. The van der Waals surface area contributed by atoms with E-state index >= 15 is 0 Å². The molecule has 1 aliphatic heterocycles. The van der Waals surface area contributed by atoms with Gasteiger partial charge in [0.15, 0.2) is 21.9 Å². The van der Waals surface area contributed by atoms with Gasteiger partial charge < -0.3 is 30.0 Å². The molecular formula is C19H29ClN4O5S. The largest absolute Gasteiger partial charge is 0.464 e. The maximum absolute atomic E-state index is 11.7. The first kappa shape index (κ1) is 23.3. The van der Waals surface area contributed by atoms with E-state index in [9.17, 15) is 4.79 Å². The average Bonchev–Trinajstić information content (AvgIpc) is 3.16. The molecule has 2 heterocycles. The number of esters is 1. The zero-order valence-corrected chi connectivity index (χ0v) is 19.2. The number of carbonyl (C=O) groups is 1. The monoisotopic (exact) mass is 460 g/mol. The van der Waals surface area contributed by atoms with Crippen molar-refractivity contribution >= 4 is 40.8 Å². The summed E-state index contributed by atoms with van der Waals surface area (Å²) in [6.45, 7) is 7.70. The first-order chi connectivity index (χ1) is 14.2. The minimum atomic E-state index is -0.766. The molecule has 1 saturated carbocycles. The van der Waals surface area contributed by atoms with Crippen LogP contribution in [0, 0.1) is 0 Å². The zero-order valence-electron chi connectivity index (χ0n) is 17.6. The summed E-state index contributed by atoms with van der Waals surface area (Å²) in [5, 5.41) is 4.11. The van der Waals surface area contributed by atoms with Gasteiger partial charge in [0.25, 0.3) is 0 Å². The standard InChI is InChI=1S/C19H29ClN4O5S/c1-5-7-30-18-23-16(20)13(21)17(24-18)22-10-8-11(27-9-12(25)26-6-2)15-14(10)28-19(3,4)29-15/h10-11,14-15H,5-9,21H2,1-4H3,(H,22,23,24). The fourth-order valence-electron chi connectivity index (χ4n) is 3.58. The molecule has 1 saturated heterocycles. The molecule has 1 aromatic heterocycles. The Kier molecular flexibility index (Phi) is 7.67. The number of nitrogens with one attached hydrogen (secondary N) is 1. The van der Waals surface area contributed by atoms with Crippen LogP contribution in [-0.4, -0.2) is 65.0 Å². The number of carbonyl (C=O) groups excluding carboxylic acids is 1. The van der Waals surface area contributed by atoms with Crippen molar-refractivity contribution in [3.8, 4) is 0 Å². The van der Waals surface area contributed by atoms with Crippen molar-refractivity contribution in [2.45, 2.75) is 75.8 Å². The fourth-order valence-corrected chi connectivity index (χ4v) is 4.50. The van der Waals surface area contributed by atoms with Crippen LogP contribution < -0.4 is 11.1 Å². The number of hydrogen-bond donors (Lipinski definition) is 2. The Labute approximate surface area is 185 Å². The van der Waals surface area contributed by atoms with Crippen LogP contribution in [0.2, 0.25) is 5.15 Å². The lowest BCUT2D eigenvalue weighted by molar-refractivity contribution is -0.171. The molecule has 0 spiro atoms. The van der Waals surface area contributed by atoms with E-state index in [4.69, 9.17) is 36.3 Å². The Morgan fingerprint density at radius 3 is 2.77 bits per heavy atom. The molecule has 3 rings (SSSR count). The summed E-state index contributed by atoms with van der Waals surface area (Å²) in [5.74, 6) is 0.158. The van der Waals surface area contributed by atoms with E-state index in [1.54, 1.807) is 6.92 Å². The molecule has 0 radical (unpaired) electrons. The van der Waals surface area contributed by atoms with Gasteiger partial charge in [0, 0.05) is 5.75 Å². The predicted octanol–water partition coefficient (Wildman–Crippen LogP) is 2.87. The van der Waals surface area contributed by atoms with Gasteiger partial charge in [-0.15, -0.1) is 0 Å². The Morgan fingerprint density at radius 2 is 2.07 bits per heavy atom. The van der Waals surface area contributed by atoms with Crippen molar-refractivity contribution in [3.05, 3.63) is 5.15 Å². The Balaban J connectivity index is 1.75. The van der Waals surface area contributed by atoms with Crippen molar-refractivity contribution in [1.82, 2.24) is 9.97 Å². The zero-order chi connectivity index (χ0) is 21.9. The third-order valence-electron chi connectivity index (χ3n) is 4.77. The maximum Gasteiger partial charge on any atom is 0.332 e. The second-order valence-corrected chi connectivity index (χ2v) is 9.03. The van der Waals surface area contributed by atoms with Gasteiger partial charge in [-0.1, -0.05) is 30.3 Å². The van der Waals surface area contributed by atoms with Gasteiger partial charge >= 0.3 is 5.97 Å². The quantitative estimate of drug-likeness (QED) is 0.246. The van der Waals surface area contributed by atoms with E-state index in [-0.39, 0.29) is 41.8 Å². The van der Waals surface area contributed by atoms with Crippen molar-refractivity contribution < 1.29 is 23.7 Å². The van der Waals surface area contributed by atoms with Crippen LogP contribution in [0.5, 0.6) is 0 Å². The third kappa shape index (κ3) is 5.47. The second kappa shape index (κ2) is 9.86. The van der Waals surface area contributed by atoms with Crippen LogP contribution in [0.25, 0.3) is 0 Å². The average molecular weight is 461 g/mol. The minimum absolute atomic E-state index is 0.141. The van der Waals surface area contributed by atoms with Crippen LogP contribution in [0.3, 0.4) is 0 Å². The molecule has 3 N–H and O–H groups in total. The molecule has 4 atom stereocenters. The number of nitrogens with two attached hydrogens (primary N) is 1. The lowest BCUT2D eigenvalue weighted by Gasteiger charge is -2.24.